The number of amides is 1. The van der Waals surface area contributed by atoms with Crippen molar-refractivity contribution in [2.24, 2.45) is 11.8 Å². The third kappa shape index (κ3) is 7.21. The summed E-state index contributed by atoms with van der Waals surface area (Å²) in [7, 11) is 0. The molecule has 3 aromatic carbocycles. The normalized spacial score (nSPS) is 16.8. The summed E-state index contributed by atoms with van der Waals surface area (Å²) in [5.74, 6) is 1.75. The number of hydrogen-bond acceptors (Lipinski definition) is 6. The minimum Gasteiger partial charge on any atom is -0.423 e. The first-order valence-corrected chi connectivity index (χ1v) is 15.0. The van der Waals surface area contributed by atoms with Crippen LogP contribution in [-0.2, 0) is 4.79 Å². The van der Waals surface area contributed by atoms with Crippen LogP contribution in [0, 0.1) is 11.8 Å². The number of aromatic nitrogens is 2. The molecule has 1 aromatic heterocycles. The molecule has 5 rings (SSSR count). The zero-order valence-electron chi connectivity index (χ0n) is 22.8. The number of nitrogens with one attached hydrogen (secondary N) is 1. The van der Waals surface area contributed by atoms with Gasteiger partial charge in [0, 0.05) is 22.7 Å². The molecule has 1 N–H and O–H groups in total. The molecule has 0 aliphatic heterocycles. The van der Waals surface area contributed by atoms with E-state index in [1.165, 1.54) is 50.1 Å². The molecule has 7 heteroatoms. The molecular formula is C33H35N3O3S. The third-order valence-corrected chi connectivity index (χ3v) is 8.36. The van der Waals surface area contributed by atoms with Crippen LogP contribution in [0.3, 0.4) is 0 Å². The molecule has 0 unspecified atom stereocenters. The van der Waals surface area contributed by atoms with E-state index in [0.717, 1.165) is 40.6 Å². The number of hydrogen-bond donors (Lipinski definition) is 1. The first-order valence-electron chi connectivity index (χ1n) is 14.2. The Labute approximate surface area is 240 Å². The number of anilines is 1. The van der Waals surface area contributed by atoms with Gasteiger partial charge in [-0.2, -0.15) is 4.37 Å². The van der Waals surface area contributed by atoms with Crippen molar-refractivity contribution in [1.82, 2.24) is 9.36 Å². The Bertz CT molecular complexity index is 1390. The summed E-state index contributed by atoms with van der Waals surface area (Å²) in [6.45, 7) is 2.24. The van der Waals surface area contributed by atoms with Crippen LogP contribution in [0.2, 0.25) is 0 Å². The highest BCUT2D eigenvalue weighted by atomic mass is 32.1. The third-order valence-electron chi connectivity index (χ3n) is 7.59. The Morgan fingerprint density at radius 1 is 0.875 bits per heavy atom. The van der Waals surface area contributed by atoms with Gasteiger partial charge in [0.2, 0.25) is 5.91 Å². The number of unbranched alkanes of at least 4 members (excludes halogenated alkanes) is 2. The predicted molar refractivity (Wildman–Crippen MR) is 160 cm³/mol. The van der Waals surface area contributed by atoms with Crippen molar-refractivity contribution in [1.29, 1.82) is 0 Å². The highest BCUT2D eigenvalue weighted by molar-refractivity contribution is 7.09. The van der Waals surface area contributed by atoms with Gasteiger partial charge in [-0.1, -0.05) is 50.8 Å². The van der Waals surface area contributed by atoms with Gasteiger partial charge in [0.05, 0.1) is 5.56 Å². The van der Waals surface area contributed by atoms with Crippen molar-refractivity contribution >= 4 is 29.1 Å². The first-order chi connectivity index (χ1) is 19.6. The molecule has 0 spiro atoms. The highest BCUT2D eigenvalue weighted by Crippen LogP contribution is 2.33. The van der Waals surface area contributed by atoms with E-state index in [1.807, 2.05) is 42.5 Å². The lowest BCUT2D eigenvalue weighted by molar-refractivity contribution is -0.121. The first kappa shape index (κ1) is 27.7. The van der Waals surface area contributed by atoms with Crippen LogP contribution in [0.1, 0.15) is 68.6 Å². The maximum absolute atomic E-state index is 12.8. The van der Waals surface area contributed by atoms with E-state index < -0.39 is 5.97 Å². The van der Waals surface area contributed by atoms with Gasteiger partial charge in [-0.3, -0.25) is 4.79 Å². The number of rotatable bonds is 10. The maximum Gasteiger partial charge on any atom is 0.343 e. The van der Waals surface area contributed by atoms with Gasteiger partial charge in [-0.15, -0.1) is 0 Å². The largest absolute Gasteiger partial charge is 0.423 e. The molecule has 6 nitrogen and oxygen atoms in total. The second-order valence-corrected chi connectivity index (χ2v) is 11.2. The number of ether oxygens (including phenoxy) is 1. The summed E-state index contributed by atoms with van der Waals surface area (Å²) in [5.41, 5.74) is 3.09. The molecule has 1 aliphatic rings. The van der Waals surface area contributed by atoms with E-state index in [1.54, 1.807) is 36.4 Å². The molecule has 0 atom stereocenters. The quantitative estimate of drug-likeness (QED) is 0.121. The Hall–Kier alpha value is -3.84. The maximum atomic E-state index is 12.8. The minimum absolute atomic E-state index is 0.109. The smallest absolute Gasteiger partial charge is 0.343 e. The summed E-state index contributed by atoms with van der Waals surface area (Å²) in [6.07, 6.45) is 9.52. The van der Waals surface area contributed by atoms with Crippen molar-refractivity contribution in [3.05, 3.63) is 84.4 Å². The zero-order chi connectivity index (χ0) is 27.7. The van der Waals surface area contributed by atoms with Crippen molar-refractivity contribution in [3.63, 3.8) is 0 Å². The summed E-state index contributed by atoms with van der Waals surface area (Å²) in [6, 6.07) is 23.9. The van der Waals surface area contributed by atoms with Crippen LogP contribution >= 0.6 is 11.5 Å². The van der Waals surface area contributed by atoms with E-state index >= 15 is 0 Å². The van der Waals surface area contributed by atoms with Crippen LogP contribution < -0.4 is 10.1 Å². The number of carbonyl (C=O) groups is 2. The van der Waals surface area contributed by atoms with Crippen LogP contribution in [0.5, 0.6) is 5.75 Å². The van der Waals surface area contributed by atoms with Gasteiger partial charge in [0.1, 0.15) is 10.8 Å². The average molecular weight is 554 g/mol. The molecule has 206 valence electrons. The fourth-order valence-electron chi connectivity index (χ4n) is 5.21. The average Bonchev–Trinajstić information content (AvgIpc) is 3.49. The monoisotopic (exact) mass is 553 g/mol. The lowest BCUT2D eigenvalue weighted by Gasteiger charge is -2.27. The van der Waals surface area contributed by atoms with Crippen molar-refractivity contribution in [2.45, 2.75) is 58.3 Å². The predicted octanol–water partition coefficient (Wildman–Crippen LogP) is 8.42. The van der Waals surface area contributed by atoms with Gasteiger partial charge >= 0.3 is 5.97 Å². The fraction of sp³-hybridized carbons (Fsp3) is 0.333. The van der Waals surface area contributed by atoms with Crippen molar-refractivity contribution in [2.75, 3.05) is 5.32 Å². The van der Waals surface area contributed by atoms with Gasteiger partial charge in [0.15, 0.2) is 5.82 Å². The van der Waals surface area contributed by atoms with Gasteiger partial charge in [0.25, 0.3) is 0 Å². The van der Waals surface area contributed by atoms with Crippen molar-refractivity contribution < 1.29 is 14.3 Å². The van der Waals surface area contributed by atoms with Crippen LogP contribution in [0.15, 0.2) is 78.9 Å². The van der Waals surface area contributed by atoms with E-state index in [2.05, 4.69) is 16.6 Å². The standard InChI is InChI=1S/C33H35N3O3S/c1-2-3-5-8-23-11-13-25(14-12-23)31(37)34-28-19-15-24(16-20-28)30-35-32(40-36-30)26-17-21-29(22-18-26)39-33(38)27-9-6-4-7-10-27/h4,6-7,9-10,15-23,25H,2-3,5,8,11-14H2,1H3,(H,34,37). The zero-order valence-corrected chi connectivity index (χ0v) is 23.7. The molecule has 1 aliphatic carbocycles. The summed E-state index contributed by atoms with van der Waals surface area (Å²) in [5, 5.41) is 3.88. The molecular weight excluding hydrogens is 518 g/mol. The van der Waals surface area contributed by atoms with Crippen LogP contribution in [0.25, 0.3) is 22.0 Å². The van der Waals surface area contributed by atoms with E-state index in [4.69, 9.17) is 9.72 Å². The number of nitrogens with zero attached hydrogens (tertiary/aromatic N) is 2. The van der Waals surface area contributed by atoms with Gasteiger partial charge < -0.3 is 10.1 Å². The molecule has 0 bridgehead atoms. The van der Waals surface area contributed by atoms with Crippen LogP contribution in [0.4, 0.5) is 5.69 Å². The van der Waals surface area contributed by atoms with Crippen molar-refractivity contribution in [3.8, 4) is 27.7 Å². The lowest BCUT2D eigenvalue weighted by Crippen LogP contribution is -2.27. The van der Waals surface area contributed by atoms with Gasteiger partial charge in [-0.25, -0.2) is 9.78 Å². The lowest BCUT2D eigenvalue weighted by atomic mass is 9.79. The minimum atomic E-state index is -0.392. The highest BCUT2D eigenvalue weighted by Gasteiger charge is 2.26. The molecule has 40 heavy (non-hydrogen) atoms. The summed E-state index contributed by atoms with van der Waals surface area (Å²) < 4.78 is 9.99. The Morgan fingerprint density at radius 3 is 2.27 bits per heavy atom. The van der Waals surface area contributed by atoms with E-state index in [-0.39, 0.29) is 11.8 Å². The molecule has 0 saturated heterocycles. The Morgan fingerprint density at radius 2 is 1.57 bits per heavy atom. The molecule has 1 saturated carbocycles. The Kier molecular flexibility index (Phi) is 9.34. The van der Waals surface area contributed by atoms with Gasteiger partial charge in [-0.05, 0) is 104 Å². The molecule has 4 aromatic rings. The number of benzene rings is 3. The Balaban J connectivity index is 1.13. The summed E-state index contributed by atoms with van der Waals surface area (Å²) >= 11 is 1.32. The number of esters is 1. The number of carbonyl (C=O) groups excluding carboxylic acids is 2. The van der Waals surface area contributed by atoms with E-state index in [9.17, 15) is 9.59 Å². The molecule has 1 fully saturated rings. The fourth-order valence-corrected chi connectivity index (χ4v) is 5.89. The summed E-state index contributed by atoms with van der Waals surface area (Å²) in [4.78, 5) is 29.8. The topological polar surface area (TPSA) is 81.2 Å². The molecule has 1 heterocycles. The van der Waals surface area contributed by atoms with E-state index in [0.29, 0.717) is 17.1 Å². The second-order valence-electron chi connectivity index (χ2n) is 10.5. The second kappa shape index (κ2) is 13.5. The molecule has 0 radical (unpaired) electrons. The SMILES string of the molecule is CCCCCC1CCC(C(=O)Nc2ccc(-c3nsc(-c4ccc(OC(=O)c5ccccc5)cc4)n3)cc2)CC1. The van der Waals surface area contributed by atoms with Crippen LogP contribution in [-0.4, -0.2) is 21.2 Å². The molecule has 1 amide bonds.